The van der Waals surface area contributed by atoms with E-state index in [0.717, 1.165) is 36.1 Å². The Morgan fingerprint density at radius 3 is 2.46 bits per heavy atom. The van der Waals surface area contributed by atoms with E-state index in [1.165, 1.54) is 6.07 Å². The molecule has 13 heteroatoms. The fourth-order valence-electron chi connectivity index (χ4n) is 7.16. The summed E-state index contributed by atoms with van der Waals surface area (Å²) < 4.78 is 39.5. The molecule has 1 saturated heterocycles. The Balaban J connectivity index is 1.09. The molecular formula is C37H36Cl2F2N4O5. The maximum absolute atomic E-state index is 14.4. The number of rotatable bonds is 13. The van der Waals surface area contributed by atoms with Gasteiger partial charge in [-0.1, -0.05) is 59.2 Å². The molecule has 2 heterocycles. The highest BCUT2D eigenvalue weighted by Gasteiger charge is 2.67. The number of piperidine rings is 1. The van der Waals surface area contributed by atoms with Gasteiger partial charge in [0.25, 0.3) is 0 Å². The molecule has 4 N–H and O–H groups in total. The average molecular weight is 726 g/mol. The third-order valence-corrected chi connectivity index (χ3v) is 11.0. The molecule has 4 unspecified atom stereocenters. The number of carboxylic acids is 1. The van der Waals surface area contributed by atoms with Gasteiger partial charge < -0.3 is 30.3 Å². The van der Waals surface area contributed by atoms with Crippen molar-refractivity contribution in [2.75, 3.05) is 19.6 Å². The monoisotopic (exact) mass is 724 g/mol. The van der Waals surface area contributed by atoms with Gasteiger partial charge in [-0.25, -0.2) is 8.78 Å². The van der Waals surface area contributed by atoms with E-state index >= 15 is 0 Å². The van der Waals surface area contributed by atoms with Gasteiger partial charge in [0.05, 0.1) is 28.0 Å². The number of nitrogens with one attached hydrogen (secondary N) is 3. The van der Waals surface area contributed by atoms with E-state index in [1.54, 1.807) is 12.1 Å². The molecule has 7 rings (SSSR count). The number of benzene rings is 3. The number of carboxylic acid groups (broad SMARTS) is 1. The summed E-state index contributed by atoms with van der Waals surface area (Å²) in [5, 5.41) is 23.4. The lowest BCUT2D eigenvalue weighted by Gasteiger charge is -2.41. The van der Waals surface area contributed by atoms with Gasteiger partial charge in [0.2, 0.25) is 5.91 Å². The number of amides is 1. The molecular weight excluding hydrogens is 689 g/mol. The highest BCUT2D eigenvalue weighted by Crippen LogP contribution is 2.61. The number of ether oxygens (including phenoxy) is 1. The van der Waals surface area contributed by atoms with Crippen molar-refractivity contribution in [3.63, 3.8) is 0 Å². The summed E-state index contributed by atoms with van der Waals surface area (Å²) in [5.74, 6) is -3.61. The standard InChI is InChI=1S/C37H36Cl2F2N4O5/c38-31-15-37(31,36(48)44-30(18-43-22-8-9-22)20-4-2-1-3-5-20)26-17-42-16-25(35(46)47)32(26)21-6-10-23(11-7-21)49-19-24-14-29(45-50-24)33-27(40)12-13-28(41)34(33)39/h1-7,10-14,22,25-26,30-32,42-43H,8-9,15-19H2,(H,44,48)(H,46,47)/t25-,26?,30?,31?,32+,37?/m0/s1. The van der Waals surface area contributed by atoms with Crippen LogP contribution in [-0.4, -0.2) is 53.2 Å². The Morgan fingerprint density at radius 2 is 1.78 bits per heavy atom. The van der Waals surface area contributed by atoms with Crippen LogP contribution in [0.15, 0.2) is 77.3 Å². The first-order chi connectivity index (χ1) is 24.2. The summed E-state index contributed by atoms with van der Waals surface area (Å²) in [5.41, 5.74) is 0.611. The molecule has 2 aliphatic carbocycles. The first-order valence-electron chi connectivity index (χ1n) is 16.6. The van der Waals surface area contributed by atoms with Crippen LogP contribution in [-0.2, 0) is 16.2 Å². The zero-order valence-electron chi connectivity index (χ0n) is 26.9. The minimum Gasteiger partial charge on any atom is -0.486 e. The van der Waals surface area contributed by atoms with Crippen LogP contribution in [0.4, 0.5) is 8.78 Å². The lowest BCUT2D eigenvalue weighted by Crippen LogP contribution is -2.53. The van der Waals surface area contributed by atoms with Gasteiger partial charge in [-0.15, -0.1) is 11.6 Å². The molecule has 50 heavy (non-hydrogen) atoms. The number of aromatic nitrogens is 1. The van der Waals surface area contributed by atoms with Crippen molar-refractivity contribution in [2.45, 2.75) is 49.2 Å². The van der Waals surface area contributed by atoms with Crippen molar-refractivity contribution in [3.8, 4) is 17.0 Å². The second-order valence-corrected chi connectivity index (χ2v) is 14.2. The molecule has 6 atom stereocenters. The summed E-state index contributed by atoms with van der Waals surface area (Å²) in [6.07, 6.45) is 2.68. The topological polar surface area (TPSA) is 126 Å². The van der Waals surface area contributed by atoms with Gasteiger partial charge in [-0.05, 0) is 67.1 Å². The normalized spacial score (nSPS) is 25.1. The summed E-state index contributed by atoms with van der Waals surface area (Å²) in [7, 11) is 0. The molecule has 4 aromatic rings. The van der Waals surface area contributed by atoms with Gasteiger partial charge in [0.1, 0.15) is 29.7 Å². The Kier molecular flexibility index (Phi) is 9.85. The van der Waals surface area contributed by atoms with Crippen LogP contribution >= 0.6 is 23.2 Å². The SMILES string of the molecule is O=C(O)[C@H]1CNCC(C2(C(=O)NC(CNC3CC3)c3ccccc3)CC2Cl)[C@@H]1c1ccc(OCc2cc(-c3c(F)ccc(F)c3Cl)no2)cc1. The summed E-state index contributed by atoms with van der Waals surface area (Å²) in [6.45, 7) is 1.20. The smallest absolute Gasteiger partial charge is 0.308 e. The second kappa shape index (κ2) is 14.3. The molecule has 0 spiro atoms. The minimum atomic E-state index is -0.957. The molecule has 1 aromatic heterocycles. The van der Waals surface area contributed by atoms with Crippen LogP contribution in [0.25, 0.3) is 11.3 Å². The summed E-state index contributed by atoms with van der Waals surface area (Å²) >= 11 is 12.8. The molecule has 0 radical (unpaired) electrons. The molecule has 9 nitrogen and oxygen atoms in total. The Hall–Kier alpha value is -4.03. The molecule has 1 aliphatic heterocycles. The second-order valence-electron chi connectivity index (χ2n) is 13.3. The number of alkyl halides is 1. The molecule has 0 bridgehead atoms. The maximum Gasteiger partial charge on any atom is 0.308 e. The van der Waals surface area contributed by atoms with E-state index in [0.29, 0.717) is 31.3 Å². The molecule has 1 amide bonds. The van der Waals surface area contributed by atoms with Crippen LogP contribution in [0.5, 0.6) is 5.75 Å². The van der Waals surface area contributed by atoms with E-state index in [1.807, 2.05) is 42.5 Å². The Labute approximate surface area is 297 Å². The van der Waals surface area contributed by atoms with Crippen molar-refractivity contribution >= 4 is 35.1 Å². The van der Waals surface area contributed by atoms with Crippen molar-refractivity contribution in [2.24, 2.45) is 17.3 Å². The molecule has 3 aromatic carbocycles. The third-order valence-electron chi connectivity index (χ3n) is 10.1. The van der Waals surface area contributed by atoms with Crippen molar-refractivity contribution < 1.29 is 32.7 Å². The van der Waals surface area contributed by atoms with E-state index in [4.69, 9.17) is 32.5 Å². The Morgan fingerprint density at radius 1 is 1.06 bits per heavy atom. The van der Waals surface area contributed by atoms with Gasteiger partial charge in [-0.3, -0.25) is 9.59 Å². The first-order valence-corrected chi connectivity index (χ1v) is 17.5. The minimum absolute atomic E-state index is 0.0301. The number of carbonyl (C=O) groups is 2. The number of carbonyl (C=O) groups excluding carboxylic acids is 1. The van der Waals surface area contributed by atoms with E-state index in [-0.39, 0.29) is 48.0 Å². The van der Waals surface area contributed by atoms with Crippen LogP contribution in [0.1, 0.15) is 48.1 Å². The number of aliphatic carboxylic acids is 1. The van der Waals surface area contributed by atoms with Gasteiger partial charge in [-0.2, -0.15) is 0 Å². The van der Waals surface area contributed by atoms with E-state index < -0.39 is 45.3 Å². The number of hydrogen-bond acceptors (Lipinski definition) is 7. The zero-order valence-corrected chi connectivity index (χ0v) is 28.4. The van der Waals surface area contributed by atoms with E-state index in [2.05, 4.69) is 21.1 Å². The van der Waals surface area contributed by atoms with Crippen LogP contribution in [0.2, 0.25) is 5.02 Å². The quantitative estimate of drug-likeness (QED) is 0.0915. The van der Waals surface area contributed by atoms with Gasteiger partial charge in [0.15, 0.2) is 5.76 Å². The van der Waals surface area contributed by atoms with Crippen molar-refractivity contribution in [1.82, 2.24) is 21.1 Å². The van der Waals surface area contributed by atoms with Crippen LogP contribution in [0, 0.1) is 28.9 Å². The predicted octanol–water partition coefficient (Wildman–Crippen LogP) is 6.46. The summed E-state index contributed by atoms with van der Waals surface area (Å²) in [6, 6.07) is 20.4. The first kappa shape index (κ1) is 34.4. The highest BCUT2D eigenvalue weighted by molar-refractivity contribution is 6.33. The average Bonchev–Trinajstić information content (AvgIpc) is 4.03. The lowest BCUT2D eigenvalue weighted by atomic mass is 9.67. The molecule has 262 valence electrons. The third kappa shape index (κ3) is 6.96. The van der Waals surface area contributed by atoms with Crippen molar-refractivity contribution in [3.05, 3.63) is 106 Å². The molecule has 2 saturated carbocycles. The van der Waals surface area contributed by atoms with Crippen LogP contribution in [0.3, 0.4) is 0 Å². The number of nitrogens with zero attached hydrogens (tertiary/aromatic N) is 1. The lowest BCUT2D eigenvalue weighted by molar-refractivity contribution is -0.145. The van der Waals surface area contributed by atoms with Crippen molar-refractivity contribution in [1.29, 1.82) is 0 Å². The van der Waals surface area contributed by atoms with E-state index in [9.17, 15) is 23.5 Å². The van der Waals surface area contributed by atoms with Gasteiger partial charge >= 0.3 is 5.97 Å². The van der Waals surface area contributed by atoms with Crippen LogP contribution < -0.4 is 20.7 Å². The summed E-state index contributed by atoms with van der Waals surface area (Å²) in [4.78, 5) is 26.9. The fourth-order valence-corrected chi connectivity index (χ4v) is 7.93. The predicted molar refractivity (Wildman–Crippen MR) is 183 cm³/mol. The van der Waals surface area contributed by atoms with Gasteiger partial charge in [0, 0.05) is 36.5 Å². The number of halogens is 4. The zero-order chi connectivity index (χ0) is 35.0. The molecule has 3 aliphatic rings. The molecule has 3 fully saturated rings. The highest BCUT2D eigenvalue weighted by atomic mass is 35.5. The maximum atomic E-state index is 14.4. The Bertz CT molecular complexity index is 1860. The fraction of sp³-hybridized carbons (Fsp3) is 0.378. The largest absolute Gasteiger partial charge is 0.486 e. The number of hydrogen-bond donors (Lipinski definition) is 4.